The molecular weight excluding hydrogens is 390 g/mol. The monoisotopic (exact) mass is 421 g/mol. The average Bonchev–Trinajstić information content (AvgIpc) is 3.16. The first-order valence-corrected chi connectivity index (χ1v) is 11.2. The van der Waals surface area contributed by atoms with Gasteiger partial charge in [0.1, 0.15) is 11.5 Å². The molecule has 0 unspecified atom stereocenters. The minimum Gasteiger partial charge on any atom is -0.493 e. The van der Waals surface area contributed by atoms with E-state index in [-0.39, 0.29) is 11.9 Å². The van der Waals surface area contributed by atoms with Crippen molar-refractivity contribution in [2.24, 2.45) is 0 Å². The molecule has 31 heavy (non-hydrogen) atoms. The van der Waals surface area contributed by atoms with E-state index in [0.717, 1.165) is 49.2 Å². The number of esters is 1. The van der Waals surface area contributed by atoms with E-state index >= 15 is 0 Å². The minimum atomic E-state index is -0.120. The highest BCUT2D eigenvalue weighted by Crippen LogP contribution is 2.37. The summed E-state index contributed by atoms with van der Waals surface area (Å²) in [6, 6.07) is 14.0. The first-order chi connectivity index (χ1) is 15.1. The van der Waals surface area contributed by atoms with Gasteiger partial charge in [-0.15, -0.1) is 0 Å². The average molecular weight is 422 g/mol. The van der Waals surface area contributed by atoms with Gasteiger partial charge in [-0.3, -0.25) is 4.79 Å². The summed E-state index contributed by atoms with van der Waals surface area (Å²) in [6.07, 6.45) is 5.08. The second-order valence-electron chi connectivity index (χ2n) is 7.84. The second-order valence-corrected chi connectivity index (χ2v) is 7.84. The standard InChI is InChI=1S/C26H31NO4/c1-3-6-22-15-19(18-27)7-12-25(22)31-14-5-13-30-23-10-11-24-20(16-23)8-9-21(24)17-26(28)29-4-2/h7,10-12,15-16,21H,3-6,8-9,13-14,17H2,1-2H3/t21-/m0/s1. The first kappa shape index (κ1) is 22.7. The fraction of sp³-hybridized carbons (Fsp3) is 0.462. The van der Waals surface area contributed by atoms with E-state index in [0.29, 0.717) is 31.8 Å². The normalized spacial score (nSPS) is 14.5. The van der Waals surface area contributed by atoms with Crippen LogP contribution in [0.1, 0.15) is 67.7 Å². The maximum atomic E-state index is 11.8. The van der Waals surface area contributed by atoms with E-state index in [1.165, 1.54) is 11.1 Å². The van der Waals surface area contributed by atoms with Gasteiger partial charge in [0.15, 0.2) is 0 Å². The van der Waals surface area contributed by atoms with E-state index in [9.17, 15) is 4.79 Å². The number of hydrogen-bond donors (Lipinski definition) is 0. The Bertz CT molecular complexity index is 931. The van der Waals surface area contributed by atoms with Crippen molar-refractivity contribution in [3.8, 4) is 17.6 Å². The van der Waals surface area contributed by atoms with Crippen molar-refractivity contribution in [2.45, 2.75) is 58.3 Å². The van der Waals surface area contributed by atoms with Gasteiger partial charge in [0.2, 0.25) is 0 Å². The third-order valence-corrected chi connectivity index (χ3v) is 5.56. The predicted octanol–water partition coefficient (Wildman–Crippen LogP) is 5.34. The quantitative estimate of drug-likeness (QED) is 0.362. The summed E-state index contributed by atoms with van der Waals surface area (Å²) < 4.78 is 17.0. The highest BCUT2D eigenvalue weighted by molar-refractivity contribution is 5.71. The molecule has 0 saturated heterocycles. The molecule has 1 aliphatic carbocycles. The van der Waals surface area contributed by atoms with Crippen LogP contribution in [0.2, 0.25) is 0 Å². The van der Waals surface area contributed by atoms with Crippen LogP contribution in [0, 0.1) is 11.3 Å². The molecule has 3 rings (SSSR count). The van der Waals surface area contributed by atoms with Gasteiger partial charge in [0.05, 0.1) is 37.9 Å². The summed E-state index contributed by atoms with van der Waals surface area (Å²) in [5, 5.41) is 9.08. The molecule has 5 nitrogen and oxygen atoms in total. The molecule has 1 atom stereocenters. The molecule has 0 fully saturated rings. The molecule has 1 aliphatic rings. The third kappa shape index (κ3) is 6.24. The number of nitrogens with zero attached hydrogens (tertiary/aromatic N) is 1. The van der Waals surface area contributed by atoms with Gasteiger partial charge in [-0.05, 0) is 79.1 Å². The van der Waals surface area contributed by atoms with Crippen molar-refractivity contribution in [3.05, 3.63) is 58.7 Å². The smallest absolute Gasteiger partial charge is 0.306 e. The molecule has 0 radical (unpaired) electrons. The molecule has 0 heterocycles. The summed E-state index contributed by atoms with van der Waals surface area (Å²) in [6.45, 7) is 5.52. The summed E-state index contributed by atoms with van der Waals surface area (Å²) >= 11 is 0. The molecule has 0 spiro atoms. The second kappa shape index (κ2) is 11.4. The van der Waals surface area contributed by atoms with Crippen LogP contribution < -0.4 is 9.47 Å². The van der Waals surface area contributed by atoms with Gasteiger partial charge in [0, 0.05) is 6.42 Å². The summed E-state index contributed by atoms with van der Waals surface area (Å²) in [5.74, 6) is 1.85. The highest BCUT2D eigenvalue weighted by Gasteiger charge is 2.25. The molecule has 0 amide bonds. The Hall–Kier alpha value is -3.00. The van der Waals surface area contributed by atoms with E-state index in [1.54, 1.807) is 6.07 Å². The number of nitriles is 1. The Balaban J connectivity index is 1.46. The van der Waals surface area contributed by atoms with Crippen LogP contribution in [-0.4, -0.2) is 25.8 Å². The Labute approximate surface area is 184 Å². The van der Waals surface area contributed by atoms with Crippen molar-refractivity contribution in [1.29, 1.82) is 5.26 Å². The molecule has 5 heteroatoms. The lowest BCUT2D eigenvalue weighted by molar-refractivity contribution is -0.143. The molecular formula is C26H31NO4. The number of carbonyl (C=O) groups is 1. The maximum Gasteiger partial charge on any atom is 0.306 e. The lowest BCUT2D eigenvalue weighted by atomic mass is 9.98. The zero-order chi connectivity index (χ0) is 22.1. The zero-order valence-electron chi connectivity index (χ0n) is 18.5. The first-order valence-electron chi connectivity index (χ1n) is 11.2. The Kier molecular flexibility index (Phi) is 8.35. The van der Waals surface area contributed by atoms with Gasteiger partial charge < -0.3 is 14.2 Å². The van der Waals surface area contributed by atoms with Gasteiger partial charge in [-0.1, -0.05) is 19.4 Å². The molecule has 0 bridgehead atoms. The molecule has 164 valence electrons. The van der Waals surface area contributed by atoms with Crippen molar-refractivity contribution in [3.63, 3.8) is 0 Å². The summed E-state index contributed by atoms with van der Waals surface area (Å²) in [5.41, 5.74) is 4.26. The number of fused-ring (bicyclic) bond motifs is 1. The van der Waals surface area contributed by atoms with E-state index in [2.05, 4.69) is 25.1 Å². The summed E-state index contributed by atoms with van der Waals surface area (Å²) in [4.78, 5) is 11.8. The number of carbonyl (C=O) groups excluding carboxylic acids is 1. The van der Waals surface area contributed by atoms with Crippen LogP contribution in [0.4, 0.5) is 0 Å². The van der Waals surface area contributed by atoms with Crippen LogP contribution in [0.3, 0.4) is 0 Å². The zero-order valence-corrected chi connectivity index (χ0v) is 18.5. The molecule has 0 N–H and O–H groups in total. The Morgan fingerprint density at radius 1 is 1.13 bits per heavy atom. The minimum absolute atomic E-state index is 0.120. The van der Waals surface area contributed by atoms with Crippen molar-refractivity contribution < 1.29 is 19.0 Å². The SMILES string of the molecule is CCCc1cc(C#N)ccc1OCCCOc1ccc2c(c1)CC[C@H]2CC(=O)OCC. The Morgan fingerprint density at radius 2 is 1.97 bits per heavy atom. The highest BCUT2D eigenvalue weighted by atomic mass is 16.5. The molecule has 2 aromatic carbocycles. The van der Waals surface area contributed by atoms with E-state index in [1.807, 2.05) is 25.1 Å². The molecule has 2 aromatic rings. The van der Waals surface area contributed by atoms with Gasteiger partial charge in [0.25, 0.3) is 0 Å². The number of hydrogen-bond acceptors (Lipinski definition) is 5. The van der Waals surface area contributed by atoms with Crippen LogP contribution in [0.25, 0.3) is 0 Å². The van der Waals surface area contributed by atoms with Crippen molar-refractivity contribution in [1.82, 2.24) is 0 Å². The molecule has 0 saturated carbocycles. The van der Waals surface area contributed by atoms with Gasteiger partial charge in [-0.25, -0.2) is 0 Å². The van der Waals surface area contributed by atoms with E-state index < -0.39 is 0 Å². The Morgan fingerprint density at radius 3 is 2.74 bits per heavy atom. The third-order valence-electron chi connectivity index (χ3n) is 5.56. The molecule has 0 aliphatic heterocycles. The number of rotatable bonds is 11. The lowest BCUT2D eigenvalue weighted by Gasteiger charge is -2.13. The van der Waals surface area contributed by atoms with Crippen LogP contribution in [0.5, 0.6) is 11.5 Å². The van der Waals surface area contributed by atoms with Crippen LogP contribution in [0.15, 0.2) is 36.4 Å². The maximum absolute atomic E-state index is 11.8. The van der Waals surface area contributed by atoms with Crippen LogP contribution in [-0.2, 0) is 22.4 Å². The number of aryl methyl sites for hydroxylation is 2. The number of ether oxygens (including phenoxy) is 3. The number of benzene rings is 2. The van der Waals surface area contributed by atoms with Gasteiger partial charge >= 0.3 is 5.97 Å². The lowest BCUT2D eigenvalue weighted by Crippen LogP contribution is -2.08. The van der Waals surface area contributed by atoms with Crippen LogP contribution >= 0.6 is 0 Å². The predicted molar refractivity (Wildman–Crippen MR) is 120 cm³/mol. The van der Waals surface area contributed by atoms with E-state index in [4.69, 9.17) is 19.5 Å². The fourth-order valence-electron chi connectivity index (χ4n) is 4.09. The topological polar surface area (TPSA) is 68.5 Å². The molecule has 0 aromatic heterocycles. The fourth-order valence-corrected chi connectivity index (χ4v) is 4.09. The summed E-state index contributed by atoms with van der Waals surface area (Å²) in [7, 11) is 0. The largest absolute Gasteiger partial charge is 0.493 e. The van der Waals surface area contributed by atoms with Crippen molar-refractivity contribution >= 4 is 5.97 Å². The van der Waals surface area contributed by atoms with Gasteiger partial charge in [-0.2, -0.15) is 5.26 Å². The van der Waals surface area contributed by atoms with Crippen molar-refractivity contribution in [2.75, 3.05) is 19.8 Å².